The summed E-state index contributed by atoms with van der Waals surface area (Å²) in [5.74, 6) is 7.46. The van der Waals surface area contributed by atoms with E-state index < -0.39 is 0 Å². The van der Waals surface area contributed by atoms with Gasteiger partial charge in [0.2, 0.25) is 5.16 Å². The standard InChI is InChI=1S/C19H20N8S/c1-25(2)17-10-6-7-14(11-17)18-22-23-19(26(18)20)28-13-15-12-21-27(24-15)16-8-4-3-5-9-16/h3-12H,13,20H2,1-2H3. The van der Waals surface area contributed by atoms with Crippen LogP contribution in [-0.4, -0.2) is 44.0 Å². The van der Waals surface area contributed by atoms with Crippen molar-refractivity contribution in [3.63, 3.8) is 0 Å². The summed E-state index contributed by atoms with van der Waals surface area (Å²) in [7, 11) is 3.99. The van der Waals surface area contributed by atoms with Crippen molar-refractivity contribution < 1.29 is 0 Å². The monoisotopic (exact) mass is 392 g/mol. The van der Waals surface area contributed by atoms with Crippen LogP contribution in [0.1, 0.15) is 5.69 Å². The van der Waals surface area contributed by atoms with Crippen LogP contribution in [0.2, 0.25) is 0 Å². The maximum absolute atomic E-state index is 6.24. The van der Waals surface area contributed by atoms with E-state index in [2.05, 4.69) is 20.4 Å². The first kappa shape index (κ1) is 18.1. The molecular weight excluding hydrogens is 372 g/mol. The third-order valence-corrected chi connectivity index (χ3v) is 5.14. The average molecular weight is 392 g/mol. The molecule has 4 rings (SSSR count). The van der Waals surface area contributed by atoms with E-state index in [-0.39, 0.29) is 0 Å². The van der Waals surface area contributed by atoms with Crippen LogP contribution >= 0.6 is 11.8 Å². The smallest absolute Gasteiger partial charge is 0.210 e. The van der Waals surface area contributed by atoms with Gasteiger partial charge in [-0.25, -0.2) is 4.68 Å². The van der Waals surface area contributed by atoms with E-state index in [0.29, 0.717) is 16.7 Å². The summed E-state index contributed by atoms with van der Waals surface area (Å²) in [5.41, 5.74) is 3.76. The van der Waals surface area contributed by atoms with Crippen LogP contribution in [0.5, 0.6) is 0 Å². The zero-order valence-electron chi connectivity index (χ0n) is 15.6. The van der Waals surface area contributed by atoms with Crippen LogP contribution in [0, 0.1) is 0 Å². The van der Waals surface area contributed by atoms with Crippen LogP contribution in [-0.2, 0) is 5.75 Å². The van der Waals surface area contributed by atoms with Gasteiger partial charge in [0, 0.05) is 31.1 Å². The molecule has 2 aromatic heterocycles. The number of aromatic nitrogens is 6. The second-order valence-electron chi connectivity index (χ2n) is 6.37. The molecule has 0 unspecified atom stereocenters. The molecule has 2 heterocycles. The lowest BCUT2D eigenvalue weighted by Gasteiger charge is -2.13. The first-order valence-electron chi connectivity index (χ1n) is 8.69. The van der Waals surface area contributed by atoms with Gasteiger partial charge in [-0.2, -0.15) is 15.0 Å². The minimum atomic E-state index is 0.597. The Labute approximate surface area is 167 Å². The van der Waals surface area contributed by atoms with Gasteiger partial charge in [-0.15, -0.1) is 10.2 Å². The summed E-state index contributed by atoms with van der Waals surface area (Å²) in [6.45, 7) is 0. The molecule has 0 radical (unpaired) electrons. The molecule has 0 amide bonds. The second-order valence-corrected chi connectivity index (χ2v) is 7.31. The van der Waals surface area contributed by atoms with Crippen molar-refractivity contribution in [2.75, 3.05) is 24.8 Å². The summed E-state index contributed by atoms with van der Waals surface area (Å²) in [5, 5.41) is 17.9. The van der Waals surface area contributed by atoms with E-state index >= 15 is 0 Å². The third kappa shape index (κ3) is 3.70. The van der Waals surface area contributed by atoms with Crippen molar-refractivity contribution >= 4 is 17.4 Å². The van der Waals surface area contributed by atoms with Crippen LogP contribution in [0.25, 0.3) is 17.1 Å². The highest BCUT2D eigenvalue weighted by Crippen LogP contribution is 2.26. The molecular formula is C19H20N8S. The molecule has 2 aromatic carbocycles. The maximum atomic E-state index is 6.24. The largest absolute Gasteiger partial charge is 0.378 e. The molecule has 0 saturated heterocycles. The first-order chi connectivity index (χ1) is 13.6. The number of nitrogens with zero attached hydrogens (tertiary/aromatic N) is 7. The van der Waals surface area contributed by atoms with Crippen molar-refractivity contribution in [2.45, 2.75) is 10.9 Å². The lowest BCUT2D eigenvalue weighted by atomic mass is 10.2. The van der Waals surface area contributed by atoms with Crippen LogP contribution < -0.4 is 10.7 Å². The van der Waals surface area contributed by atoms with Gasteiger partial charge < -0.3 is 10.7 Å². The topological polar surface area (TPSA) is 90.7 Å². The molecule has 0 bridgehead atoms. The van der Waals surface area contributed by atoms with Crippen molar-refractivity contribution in [1.82, 2.24) is 29.9 Å². The van der Waals surface area contributed by atoms with E-state index in [1.54, 1.807) is 11.0 Å². The van der Waals surface area contributed by atoms with E-state index in [1.807, 2.05) is 73.6 Å². The number of nitrogen functional groups attached to an aromatic ring is 1. The number of nitrogens with two attached hydrogens (primary N) is 1. The lowest BCUT2D eigenvalue weighted by molar-refractivity contribution is 0.744. The van der Waals surface area contributed by atoms with Gasteiger partial charge >= 0.3 is 0 Å². The van der Waals surface area contributed by atoms with Crippen molar-refractivity contribution in [1.29, 1.82) is 0 Å². The number of benzene rings is 2. The van der Waals surface area contributed by atoms with Gasteiger partial charge in [-0.05, 0) is 24.3 Å². The molecule has 4 aromatic rings. The third-order valence-electron chi connectivity index (χ3n) is 4.16. The normalized spacial score (nSPS) is 10.9. The minimum absolute atomic E-state index is 0.597. The summed E-state index contributed by atoms with van der Waals surface area (Å²) < 4.78 is 1.51. The minimum Gasteiger partial charge on any atom is -0.378 e. The maximum Gasteiger partial charge on any atom is 0.210 e. The molecule has 0 aliphatic rings. The summed E-state index contributed by atoms with van der Waals surface area (Å²) in [4.78, 5) is 3.65. The van der Waals surface area contributed by atoms with Crippen molar-refractivity contribution in [3.8, 4) is 17.1 Å². The molecule has 142 valence electrons. The Hall–Kier alpha value is -3.33. The Balaban J connectivity index is 1.48. The average Bonchev–Trinajstić information content (AvgIpc) is 3.34. The van der Waals surface area contributed by atoms with E-state index in [0.717, 1.165) is 22.6 Å². The van der Waals surface area contributed by atoms with Crippen molar-refractivity contribution in [3.05, 3.63) is 66.5 Å². The number of rotatable bonds is 6. The first-order valence-corrected chi connectivity index (χ1v) is 9.68. The summed E-state index contributed by atoms with van der Waals surface area (Å²) in [6.07, 6.45) is 1.75. The van der Waals surface area contributed by atoms with Crippen LogP contribution in [0.15, 0.2) is 66.0 Å². The van der Waals surface area contributed by atoms with Gasteiger partial charge in [-0.3, -0.25) is 0 Å². The Morgan fingerprint density at radius 1 is 1.04 bits per heavy atom. The number of thioether (sulfide) groups is 1. The second kappa shape index (κ2) is 7.73. The molecule has 2 N–H and O–H groups in total. The number of hydrogen-bond acceptors (Lipinski definition) is 7. The number of hydrogen-bond donors (Lipinski definition) is 1. The van der Waals surface area contributed by atoms with Gasteiger partial charge in [0.15, 0.2) is 5.82 Å². The Morgan fingerprint density at radius 3 is 2.64 bits per heavy atom. The fraction of sp³-hybridized carbons (Fsp3) is 0.158. The zero-order valence-corrected chi connectivity index (χ0v) is 16.4. The highest BCUT2D eigenvalue weighted by molar-refractivity contribution is 7.98. The fourth-order valence-electron chi connectivity index (χ4n) is 2.68. The van der Waals surface area contributed by atoms with Crippen LogP contribution in [0.4, 0.5) is 5.69 Å². The predicted molar refractivity (Wildman–Crippen MR) is 111 cm³/mol. The molecule has 0 aliphatic carbocycles. The van der Waals surface area contributed by atoms with E-state index in [9.17, 15) is 0 Å². The van der Waals surface area contributed by atoms with E-state index in [4.69, 9.17) is 5.84 Å². The summed E-state index contributed by atoms with van der Waals surface area (Å²) in [6, 6.07) is 17.8. The summed E-state index contributed by atoms with van der Waals surface area (Å²) >= 11 is 1.47. The van der Waals surface area contributed by atoms with Gasteiger partial charge in [0.05, 0.1) is 17.6 Å². The van der Waals surface area contributed by atoms with Crippen molar-refractivity contribution in [2.24, 2.45) is 0 Å². The Bertz CT molecular complexity index is 1070. The molecule has 8 nitrogen and oxygen atoms in total. The highest BCUT2D eigenvalue weighted by Gasteiger charge is 2.14. The van der Waals surface area contributed by atoms with Gasteiger partial charge in [0.1, 0.15) is 0 Å². The highest BCUT2D eigenvalue weighted by atomic mass is 32.2. The number of anilines is 1. The Kier molecular flexibility index (Phi) is 4.98. The molecule has 9 heteroatoms. The SMILES string of the molecule is CN(C)c1cccc(-c2nnc(SCc3cnn(-c4ccccc4)n3)n2N)c1. The molecule has 28 heavy (non-hydrogen) atoms. The molecule has 0 fully saturated rings. The van der Waals surface area contributed by atoms with E-state index in [1.165, 1.54) is 16.4 Å². The zero-order chi connectivity index (χ0) is 19.5. The molecule has 0 saturated carbocycles. The van der Waals surface area contributed by atoms with Gasteiger partial charge in [-0.1, -0.05) is 42.1 Å². The predicted octanol–water partition coefficient (Wildman–Crippen LogP) is 2.60. The lowest BCUT2D eigenvalue weighted by Crippen LogP contribution is -2.12. The quantitative estimate of drug-likeness (QED) is 0.398. The molecule has 0 aliphatic heterocycles. The molecule has 0 spiro atoms. The fourth-order valence-corrected chi connectivity index (χ4v) is 3.41. The molecule has 0 atom stereocenters. The number of para-hydroxylation sites is 1. The Morgan fingerprint density at radius 2 is 1.86 bits per heavy atom. The van der Waals surface area contributed by atoms with Crippen LogP contribution in [0.3, 0.4) is 0 Å². The van der Waals surface area contributed by atoms with Gasteiger partial charge in [0.25, 0.3) is 0 Å².